The van der Waals surface area contributed by atoms with Gasteiger partial charge in [0.15, 0.2) is 11.5 Å². The molecule has 1 aliphatic rings. The first-order valence-corrected chi connectivity index (χ1v) is 6.47. The normalized spacial score (nSPS) is 18.6. The SMILES string of the molecule is CCNC1COCCc2c(F)cc(OC)c(OC)c21. The highest BCUT2D eigenvalue weighted by Crippen LogP contribution is 2.40. The zero-order valence-electron chi connectivity index (χ0n) is 11.6. The Kier molecular flexibility index (Phi) is 4.61. The summed E-state index contributed by atoms with van der Waals surface area (Å²) in [6.07, 6.45) is 0.545. The molecule has 0 saturated heterocycles. The summed E-state index contributed by atoms with van der Waals surface area (Å²) in [6, 6.07) is 1.30. The Balaban J connectivity index is 2.60. The summed E-state index contributed by atoms with van der Waals surface area (Å²) in [5.41, 5.74) is 1.47. The molecule has 4 nitrogen and oxygen atoms in total. The monoisotopic (exact) mass is 269 g/mol. The lowest BCUT2D eigenvalue weighted by molar-refractivity contribution is 0.121. The zero-order valence-corrected chi connectivity index (χ0v) is 11.6. The van der Waals surface area contributed by atoms with Gasteiger partial charge >= 0.3 is 0 Å². The van der Waals surface area contributed by atoms with Crippen LogP contribution in [-0.4, -0.2) is 34.0 Å². The molecule has 1 atom stereocenters. The Labute approximate surface area is 112 Å². The Morgan fingerprint density at radius 1 is 1.42 bits per heavy atom. The molecule has 2 rings (SSSR count). The van der Waals surface area contributed by atoms with Crippen LogP contribution in [0.1, 0.15) is 24.1 Å². The topological polar surface area (TPSA) is 39.7 Å². The van der Waals surface area contributed by atoms with E-state index in [-0.39, 0.29) is 11.9 Å². The van der Waals surface area contributed by atoms with E-state index in [0.29, 0.717) is 36.7 Å². The van der Waals surface area contributed by atoms with Crippen LogP contribution in [0.4, 0.5) is 4.39 Å². The van der Waals surface area contributed by atoms with Gasteiger partial charge in [-0.1, -0.05) is 6.92 Å². The number of likely N-dealkylation sites (N-methyl/N-ethyl adjacent to an activating group) is 1. The highest BCUT2D eigenvalue weighted by Gasteiger charge is 2.27. The second kappa shape index (κ2) is 6.21. The predicted octanol–water partition coefficient (Wildman–Crippen LogP) is 2.07. The molecule has 1 heterocycles. The van der Waals surface area contributed by atoms with Crippen LogP contribution in [0, 0.1) is 5.82 Å². The lowest BCUT2D eigenvalue weighted by Gasteiger charge is -2.22. The van der Waals surface area contributed by atoms with E-state index < -0.39 is 0 Å². The van der Waals surface area contributed by atoms with Crippen molar-refractivity contribution >= 4 is 0 Å². The molecule has 0 saturated carbocycles. The van der Waals surface area contributed by atoms with Crippen LogP contribution in [-0.2, 0) is 11.2 Å². The lowest BCUT2D eigenvalue weighted by atomic mass is 9.97. The van der Waals surface area contributed by atoms with Crippen LogP contribution in [0.3, 0.4) is 0 Å². The molecule has 0 amide bonds. The summed E-state index contributed by atoms with van der Waals surface area (Å²) in [7, 11) is 3.09. The number of benzene rings is 1. The third-order valence-corrected chi connectivity index (χ3v) is 3.34. The van der Waals surface area contributed by atoms with E-state index in [4.69, 9.17) is 14.2 Å². The first kappa shape index (κ1) is 14.1. The summed E-state index contributed by atoms with van der Waals surface area (Å²) >= 11 is 0. The van der Waals surface area contributed by atoms with E-state index in [2.05, 4.69) is 5.32 Å². The lowest BCUT2D eigenvalue weighted by Crippen LogP contribution is -2.25. The average Bonchev–Trinajstić information content (AvgIpc) is 2.62. The van der Waals surface area contributed by atoms with Gasteiger partial charge in [0.2, 0.25) is 0 Å². The van der Waals surface area contributed by atoms with Gasteiger partial charge in [-0.15, -0.1) is 0 Å². The summed E-state index contributed by atoms with van der Waals surface area (Å²) in [6.45, 7) is 3.80. The molecule has 106 valence electrons. The molecule has 0 spiro atoms. The molecular formula is C14H20FNO3. The van der Waals surface area contributed by atoms with Gasteiger partial charge in [0.1, 0.15) is 5.82 Å². The fraction of sp³-hybridized carbons (Fsp3) is 0.571. The molecule has 19 heavy (non-hydrogen) atoms. The summed E-state index contributed by atoms with van der Waals surface area (Å²) in [4.78, 5) is 0. The van der Waals surface area contributed by atoms with Crippen molar-refractivity contribution in [2.75, 3.05) is 34.0 Å². The molecule has 5 heteroatoms. The van der Waals surface area contributed by atoms with Crippen LogP contribution in [0.5, 0.6) is 11.5 Å². The van der Waals surface area contributed by atoms with Crippen molar-refractivity contribution < 1.29 is 18.6 Å². The summed E-state index contributed by atoms with van der Waals surface area (Å²) in [5.74, 6) is 0.750. The number of fused-ring (bicyclic) bond motifs is 1. The van der Waals surface area contributed by atoms with Crippen molar-refractivity contribution in [3.63, 3.8) is 0 Å². The molecule has 0 bridgehead atoms. The van der Waals surface area contributed by atoms with Crippen molar-refractivity contribution in [1.82, 2.24) is 5.32 Å². The maximum atomic E-state index is 14.2. The molecular weight excluding hydrogens is 249 g/mol. The molecule has 0 aromatic heterocycles. The minimum absolute atomic E-state index is 0.0814. The Bertz CT molecular complexity index is 451. The average molecular weight is 269 g/mol. The molecule has 0 aliphatic carbocycles. The largest absolute Gasteiger partial charge is 0.493 e. The number of hydrogen-bond acceptors (Lipinski definition) is 4. The maximum absolute atomic E-state index is 14.2. The van der Waals surface area contributed by atoms with Gasteiger partial charge in [-0.05, 0) is 18.5 Å². The summed E-state index contributed by atoms with van der Waals surface area (Å²) < 4.78 is 30.4. The van der Waals surface area contributed by atoms with Crippen LogP contribution in [0.2, 0.25) is 0 Å². The van der Waals surface area contributed by atoms with Crippen molar-refractivity contribution in [2.24, 2.45) is 0 Å². The number of hydrogen-bond donors (Lipinski definition) is 1. The van der Waals surface area contributed by atoms with Gasteiger partial charge in [-0.3, -0.25) is 0 Å². The van der Waals surface area contributed by atoms with Gasteiger partial charge in [0.05, 0.1) is 33.5 Å². The first-order valence-electron chi connectivity index (χ1n) is 6.47. The van der Waals surface area contributed by atoms with Crippen LogP contribution in [0.25, 0.3) is 0 Å². The number of halogens is 1. The van der Waals surface area contributed by atoms with Gasteiger partial charge in [0, 0.05) is 11.6 Å². The van der Waals surface area contributed by atoms with E-state index in [1.165, 1.54) is 13.2 Å². The highest BCUT2D eigenvalue weighted by molar-refractivity contribution is 5.53. The highest BCUT2D eigenvalue weighted by atomic mass is 19.1. The van der Waals surface area contributed by atoms with E-state index in [9.17, 15) is 4.39 Å². The molecule has 1 aliphatic heterocycles. The quantitative estimate of drug-likeness (QED) is 0.908. The van der Waals surface area contributed by atoms with Crippen molar-refractivity contribution in [3.05, 3.63) is 23.0 Å². The minimum Gasteiger partial charge on any atom is -0.493 e. The van der Waals surface area contributed by atoms with Crippen LogP contribution >= 0.6 is 0 Å². The van der Waals surface area contributed by atoms with Gasteiger partial charge in [0.25, 0.3) is 0 Å². The Hall–Kier alpha value is -1.33. The van der Waals surface area contributed by atoms with Crippen molar-refractivity contribution in [1.29, 1.82) is 0 Å². The van der Waals surface area contributed by atoms with E-state index >= 15 is 0 Å². The molecule has 1 unspecified atom stereocenters. The maximum Gasteiger partial charge on any atom is 0.166 e. The number of ether oxygens (including phenoxy) is 3. The van der Waals surface area contributed by atoms with Crippen LogP contribution in [0.15, 0.2) is 6.07 Å². The van der Waals surface area contributed by atoms with Gasteiger partial charge in [-0.25, -0.2) is 4.39 Å². The Morgan fingerprint density at radius 3 is 2.84 bits per heavy atom. The second-order valence-electron chi connectivity index (χ2n) is 4.42. The van der Waals surface area contributed by atoms with Crippen molar-refractivity contribution in [3.8, 4) is 11.5 Å². The third-order valence-electron chi connectivity index (χ3n) is 3.34. The van der Waals surface area contributed by atoms with Crippen molar-refractivity contribution in [2.45, 2.75) is 19.4 Å². The number of rotatable bonds is 4. The van der Waals surface area contributed by atoms with E-state index in [1.807, 2.05) is 6.92 Å². The predicted molar refractivity (Wildman–Crippen MR) is 70.4 cm³/mol. The first-order chi connectivity index (χ1) is 9.22. The minimum atomic E-state index is -0.263. The number of nitrogens with one attached hydrogen (secondary N) is 1. The van der Waals surface area contributed by atoms with Gasteiger partial charge < -0.3 is 19.5 Å². The fourth-order valence-electron chi connectivity index (χ4n) is 2.52. The van der Waals surface area contributed by atoms with E-state index in [0.717, 1.165) is 12.1 Å². The number of methoxy groups -OCH3 is 2. The van der Waals surface area contributed by atoms with Crippen LogP contribution < -0.4 is 14.8 Å². The zero-order chi connectivity index (χ0) is 13.8. The molecule has 0 fully saturated rings. The third kappa shape index (κ3) is 2.67. The standard InChI is InChI=1S/C14H20FNO3/c1-4-16-11-8-19-6-5-9-10(15)7-12(17-2)14(18-3)13(9)11/h7,11,16H,4-6,8H2,1-3H3. The molecule has 1 N–H and O–H groups in total. The molecule has 0 radical (unpaired) electrons. The molecule has 1 aromatic carbocycles. The smallest absolute Gasteiger partial charge is 0.166 e. The Morgan fingerprint density at radius 2 is 2.21 bits per heavy atom. The summed E-state index contributed by atoms with van der Waals surface area (Å²) in [5, 5.41) is 3.31. The van der Waals surface area contributed by atoms with E-state index in [1.54, 1.807) is 7.11 Å². The molecule has 1 aromatic rings. The fourth-order valence-corrected chi connectivity index (χ4v) is 2.52. The van der Waals surface area contributed by atoms with Gasteiger partial charge in [-0.2, -0.15) is 0 Å². The second-order valence-corrected chi connectivity index (χ2v) is 4.42.